The van der Waals surface area contributed by atoms with Gasteiger partial charge in [0.05, 0.1) is 0 Å². The summed E-state index contributed by atoms with van der Waals surface area (Å²) < 4.78 is 5.57. The highest BCUT2D eigenvalue weighted by Crippen LogP contribution is 2.28. The largest absolute Gasteiger partial charge is 0.381 e. The number of pyridine rings is 1. The summed E-state index contributed by atoms with van der Waals surface area (Å²) in [5.41, 5.74) is 6.45. The minimum Gasteiger partial charge on any atom is -0.381 e. The van der Waals surface area contributed by atoms with Crippen LogP contribution in [0.25, 0.3) is 10.9 Å². The van der Waals surface area contributed by atoms with Crippen molar-refractivity contribution in [2.24, 2.45) is 5.92 Å². The molecule has 1 fully saturated rings. The van der Waals surface area contributed by atoms with Gasteiger partial charge < -0.3 is 9.72 Å². The topological polar surface area (TPSA) is 41.1 Å². The summed E-state index contributed by atoms with van der Waals surface area (Å²) in [4.78, 5) is 10.6. The van der Waals surface area contributed by atoms with E-state index in [1.807, 2.05) is 18.5 Å². The normalized spacial score (nSPS) is 16.7. The molecule has 4 rings (SSSR count). The highest BCUT2D eigenvalue weighted by atomic mass is 16.5. The molecule has 0 spiro atoms. The molecule has 28 heavy (non-hydrogen) atoms. The zero-order valence-electron chi connectivity index (χ0n) is 17.2. The van der Waals surface area contributed by atoms with Gasteiger partial charge in [0.15, 0.2) is 0 Å². The van der Waals surface area contributed by atoms with Gasteiger partial charge in [-0.2, -0.15) is 0 Å². The Labute approximate surface area is 167 Å². The van der Waals surface area contributed by atoms with Gasteiger partial charge in [-0.1, -0.05) is 12.1 Å². The molecule has 3 heterocycles. The van der Waals surface area contributed by atoms with Gasteiger partial charge in [0.25, 0.3) is 0 Å². The maximum atomic E-state index is 5.57. The van der Waals surface area contributed by atoms with Crippen molar-refractivity contribution in [2.75, 3.05) is 19.8 Å². The predicted molar refractivity (Wildman–Crippen MR) is 114 cm³/mol. The second-order valence-electron chi connectivity index (χ2n) is 8.29. The number of aryl methyl sites for hydroxylation is 2. The monoisotopic (exact) mass is 377 g/mol. The molecule has 1 aliphatic rings. The molecule has 1 saturated heterocycles. The summed E-state index contributed by atoms with van der Waals surface area (Å²) in [7, 11) is 0. The van der Waals surface area contributed by atoms with Crippen molar-refractivity contribution in [1.29, 1.82) is 0 Å². The van der Waals surface area contributed by atoms with Crippen LogP contribution in [-0.2, 0) is 11.3 Å². The number of aromatic amines is 1. The third-order valence-corrected chi connectivity index (χ3v) is 6.07. The van der Waals surface area contributed by atoms with Crippen molar-refractivity contribution < 1.29 is 4.74 Å². The minimum absolute atomic E-state index is 0.325. The van der Waals surface area contributed by atoms with E-state index in [1.54, 1.807) is 0 Å². The lowest BCUT2D eigenvalue weighted by Gasteiger charge is -2.34. The quantitative estimate of drug-likeness (QED) is 0.644. The smallest absolute Gasteiger partial charge is 0.0469 e. The molecule has 0 saturated carbocycles. The number of ether oxygens (including phenoxy) is 1. The molecule has 3 aromatic rings. The standard InChI is InChI=1S/C24H31N3O/c1-17-11-18(2)23-13-22(26-24(23)12-17)16-27(15-20-6-9-28-10-7-20)19(3)21-5-4-8-25-14-21/h4-5,8,11-14,19-20,26H,6-7,9-10,15-16H2,1-3H3. The van der Waals surface area contributed by atoms with Crippen LogP contribution >= 0.6 is 0 Å². The Morgan fingerprint density at radius 2 is 2.04 bits per heavy atom. The number of hydrogen-bond acceptors (Lipinski definition) is 3. The third-order valence-electron chi connectivity index (χ3n) is 6.07. The summed E-state index contributed by atoms with van der Waals surface area (Å²) in [6.07, 6.45) is 6.16. The fraction of sp³-hybridized carbons (Fsp3) is 0.458. The summed E-state index contributed by atoms with van der Waals surface area (Å²) in [6, 6.07) is 11.4. The highest BCUT2D eigenvalue weighted by Gasteiger charge is 2.23. The number of aromatic nitrogens is 2. The second kappa shape index (κ2) is 8.46. The van der Waals surface area contributed by atoms with Crippen LogP contribution in [0.1, 0.15) is 48.2 Å². The zero-order chi connectivity index (χ0) is 19.5. The molecule has 0 radical (unpaired) electrons. The molecule has 0 amide bonds. The van der Waals surface area contributed by atoms with Crippen molar-refractivity contribution in [1.82, 2.24) is 14.9 Å². The van der Waals surface area contributed by atoms with E-state index in [4.69, 9.17) is 4.74 Å². The molecule has 1 aliphatic heterocycles. The fourth-order valence-corrected chi connectivity index (χ4v) is 4.42. The first-order valence-electron chi connectivity index (χ1n) is 10.4. The van der Waals surface area contributed by atoms with Gasteiger partial charge in [-0.15, -0.1) is 0 Å². The highest BCUT2D eigenvalue weighted by molar-refractivity contribution is 5.84. The first-order valence-corrected chi connectivity index (χ1v) is 10.4. The van der Waals surface area contributed by atoms with E-state index >= 15 is 0 Å². The van der Waals surface area contributed by atoms with Gasteiger partial charge in [-0.3, -0.25) is 9.88 Å². The molecule has 0 bridgehead atoms. The average molecular weight is 378 g/mol. The Morgan fingerprint density at radius 1 is 1.21 bits per heavy atom. The SMILES string of the molecule is Cc1cc(C)c2cc(CN(CC3CCOCC3)C(C)c3cccnc3)[nH]c2c1. The van der Waals surface area contributed by atoms with Crippen LogP contribution in [0.4, 0.5) is 0 Å². The van der Waals surface area contributed by atoms with Crippen molar-refractivity contribution >= 4 is 10.9 Å². The van der Waals surface area contributed by atoms with Crippen LogP contribution in [0.2, 0.25) is 0 Å². The molecule has 1 aromatic carbocycles. The summed E-state index contributed by atoms with van der Waals surface area (Å²) in [5.74, 6) is 0.696. The Kier molecular flexibility index (Phi) is 5.79. The summed E-state index contributed by atoms with van der Waals surface area (Å²) in [6.45, 7) is 10.5. The van der Waals surface area contributed by atoms with Gasteiger partial charge in [0.2, 0.25) is 0 Å². The van der Waals surface area contributed by atoms with E-state index in [1.165, 1.54) is 33.3 Å². The lowest BCUT2D eigenvalue weighted by atomic mass is 9.98. The number of fused-ring (bicyclic) bond motifs is 1. The summed E-state index contributed by atoms with van der Waals surface area (Å²) in [5, 5.41) is 1.33. The minimum atomic E-state index is 0.325. The lowest BCUT2D eigenvalue weighted by molar-refractivity contribution is 0.0444. The molecule has 0 aliphatic carbocycles. The van der Waals surface area contributed by atoms with E-state index in [0.29, 0.717) is 12.0 Å². The number of rotatable bonds is 6. The molecule has 1 atom stereocenters. The van der Waals surface area contributed by atoms with Gasteiger partial charge in [-0.25, -0.2) is 0 Å². The van der Waals surface area contributed by atoms with E-state index in [-0.39, 0.29) is 0 Å². The van der Waals surface area contributed by atoms with Crippen LogP contribution in [0, 0.1) is 19.8 Å². The number of nitrogens with one attached hydrogen (secondary N) is 1. The molecule has 2 aromatic heterocycles. The zero-order valence-corrected chi connectivity index (χ0v) is 17.2. The van der Waals surface area contributed by atoms with Gasteiger partial charge >= 0.3 is 0 Å². The van der Waals surface area contributed by atoms with Crippen LogP contribution in [0.3, 0.4) is 0 Å². The van der Waals surface area contributed by atoms with Gasteiger partial charge in [-0.05, 0) is 74.4 Å². The third kappa shape index (κ3) is 4.29. The first kappa shape index (κ1) is 19.2. The van der Waals surface area contributed by atoms with Crippen molar-refractivity contribution in [3.05, 3.63) is 65.1 Å². The number of hydrogen-bond donors (Lipinski definition) is 1. The van der Waals surface area contributed by atoms with E-state index in [0.717, 1.165) is 39.1 Å². The molecular formula is C24H31N3O. The Balaban J connectivity index is 1.60. The Morgan fingerprint density at radius 3 is 2.79 bits per heavy atom. The molecule has 4 nitrogen and oxygen atoms in total. The van der Waals surface area contributed by atoms with E-state index < -0.39 is 0 Å². The Bertz CT molecular complexity index is 912. The first-order chi connectivity index (χ1) is 13.6. The number of nitrogens with zero attached hydrogens (tertiary/aromatic N) is 2. The summed E-state index contributed by atoms with van der Waals surface area (Å²) >= 11 is 0. The predicted octanol–water partition coefficient (Wildman–Crippen LogP) is 5.17. The van der Waals surface area contributed by atoms with Crippen LogP contribution in [-0.4, -0.2) is 34.6 Å². The molecule has 1 unspecified atom stereocenters. The van der Waals surface area contributed by atoms with E-state index in [9.17, 15) is 0 Å². The van der Waals surface area contributed by atoms with Crippen molar-refractivity contribution in [2.45, 2.75) is 46.2 Å². The van der Waals surface area contributed by atoms with Crippen LogP contribution in [0.5, 0.6) is 0 Å². The average Bonchev–Trinajstić information content (AvgIpc) is 3.11. The lowest BCUT2D eigenvalue weighted by Crippen LogP contribution is -2.34. The van der Waals surface area contributed by atoms with Crippen molar-refractivity contribution in [3.8, 4) is 0 Å². The second-order valence-corrected chi connectivity index (χ2v) is 8.29. The molecule has 148 valence electrons. The fourth-order valence-electron chi connectivity index (χ4n) is 4.42. The van der Waals surface area contributed by atoms with Crippen LogP contribution < -0.4 is 0 Å². The molecule has 4 heteroatoms. The number of benzene rings is 1. The molecule has 1 N–H and O–H groups in total. The maximum absolute atomic E-state index is 5.57. The van der Waals surface area contributed by atoms with E-state index in [2.05, 4.69) is 59.9 Å². The number of H-pyrrole nitrogens is 1. The maximum Gasteiger partial charge on any atom is 0.0469 e. The Hall–Kier alpha value is -2.17. The van der Waals surface area contributed by atoms with Crippen molar-refractivity contribution in [3.63, 3.8) is 0 Å². The van der Waals surface area contributed by atoms with Gasteiger partial charge in [0.1, 0.15) is 0 Å². The van der Waals surface area contributed by atoms with Gasteiger partial charge in [0, 0.05) is 61.3 Å². The van der Waals surface area contributed by atoms with Crippen LogP contribution in [0.15, 0.2) is 42.7 Å². The molecular weight excluding hydrogens is 346 g/mol.